The molecule has 2 aromatic heterocycles. The minimum atomic E-state index is -0.184. The predicted molar refractivity (Wildman–Crippen MR) is 140 cm³/mol. The first-order valence-electron chi connectivity index (χ1n) is 12.7. The molecule has 35 heavy (non-hydrogen) atoms. The van der Waals surface area contributed by atoms with Crippen LogP contribution in [-0.4, -0.2) is 72.2 Å². The van der Waals surface area contributed by atoms with E-state index >= 15 is 0 Å². The third-order valence-electron chi connectivity index (χ3n) is 7.57. The maximum atomic E-state index is 12.9. The summed E-state index contributed by atoms with van der Waals surface area (Å²) in [6.45, 7) is 10.3. The van der Waals surface area contributed by atoms with Crippen LogP contribution >= 0.6 is 11.3 Å². The number of amides is 1. The molecule has 8 nitrogen and oxygen atoms in total. The van der Waals surface area contributed by atoms with E-state index in [4.69, 9.17) is 4.74 Å². The topological polar surface area (TPSA) is 85.0 Å². The molecule has 0 bridgehead atoms. The first-order valence-corrected chi connectivity index (χ1v) is 13.5. The number of carbonyl (C=O) groups excluding carboxylic acids is 1. The van der Waals surface area contributed by atoms with Crippen molar-refractivity contribution in [3.8, 4) is 0 Å². The van der Waals surface area contributed by atoms with Gasteiger partial charge in [-0.1, -0.05) is 13.8 Å². The lowest BCUT2D eigenvalue weighted by Gasteiger charge is -2.35. The van der Waals surface area contributed by atoms with Gasteiger partial charge in [-0.3, -0.25) is 15.2 Å². The summed E-state index contributed by atoms with van der Waals surface area (Å²) in [6.07, 6.45) is 8.27. The van der Waals surface area contributed by atoms with Gasteiger partial charge >= 0.3 is 0 Å². The second-order valence-corrected chi connectivity index (χ2v) is 11.4. The highest BCUT2D eigenvalue weighted by molar-refractivity contribution is 7.19. The highest BCUT2D eigenvalue weighted by atomic mass is 32.1. The van der Waals surface area contributed by atoms with Gasteiger partial charge in [0.05, 0.1) is 29.1 Å². The average molecular weight is 495 g/mol. The Morgan fingerprint density at radius 3 is 2.86 bits per heavy atom. The van der Waals surface area contributed by atoms with Gasteiger partial charge in [-0.15, -0.1) is 11.3 Å². The van der Waals surface area contributed by atoms with E-state index in [9.17, 15) is 4.79 Å². The fourth-order valence-electron chi connectivity index (χ4n) is 5.73. The van der Waals surface area contributed by atoms with E-state index in [-0.39, 0.29) is 18.1 Å². The molecule has 4 aliphatic heterocycles. The number of nitrogens with one attached hydrogen (secondary N) is 3. The van der Waals surface area contributed by atoms with Crippen LogP contribution in [0, 0.1) is 0 Å². The standard InChI is InChI=1S/C26H34N6O2S/c1-15(2)22-23(18-10-16(3)25-28-14-29-32(25)12-18)30-19-11-21(35-24(19)22)17-4-7-31(8-5-17)26(33)20-13-34-9-6-27-20/h10-12,14-15,17,20,25,27,30H,4-9,13H2,1-3H3,(H,28,29)/t20-,25?/m1/s1. The molecule has 1 unspecified atom stereocenters. The number of hydrazine groups is 1. The summed E-state index contributed by atoms with van der Waals surface area (Å²) in [6, 6.07) is 2.17. The van der Waals surface area contributed by atoms with Crippen LogP contribution in [-0.2, 0) is 9.53 Å². The lowest BCUT2D eigenvalue weighted by atomic mass is 9.94. The van der Waals surface area contributed by atoms with E-state index < -0.39 is 0 Å². The highest BCUT2D eigenvalue weighted by Gasteiger charge is 2.32. The Morgan fingerprint density at radius 1 is 1.29 bits per heavy atom. The molecule has 1 amide bonds. The molecule has 0 spiro atoms. The summed E-state index contributed by atoms with van der Waals surface area (Å²) < 4.78 is 6.86. The smallest absolute Gasteiger partial charge is 0.242 e. The van der Waals surface area contributed by atoms with Crippen molar-refractivity contribution in [1.82, 2.24) is 25.6 Å². The van der Waals surface area contributed by atoms with Gasteiger partial charge in [0.15, 0.2) is 6.17 Å². The molecule has 6 heterocycles. The van der Waals surface area contributed by atoms with Crippen molar-refractivity contribution in [1.29, 1.82) is 0 Å². The molecule has 2 saturated heterocycles. The van der Waals surface area contributed by atoms with Crippen molar-refractivity contribution >= 4 is 39.4 Å². The van der Waals surface area contributed by atoms with E-state index in [1.807, 2.05) is 16.2 Å². The second-order valence-electron chi connectivity index (χ2n) is 10.3. The lowest BCUT2D eigenvalue weighted by Crippen LogP contribution is -2.53. The number of aromatic nitrogens is 1. The maximum Gasteiger partial charge on any atom is 0.242 e. The van der Waals surface area contributed by atoms with Crippen LogP contribution < -0.4 is 10.7 Å². The molecule has 2 aromatic rings. The molecule has 0 aliphatic carbocycles. The Labute approximate surface area is 210 Å². The number of aromatic amines is 1. The van der Waals surface area contributed by atoms with Crippen molar-refractivity contribution in [2.24, 2.45) is 4.99 Å². The number of hydrogen-bond donors (Lipinski definition) is 3. The Kier molecular flexibility index (Phi) is 5.94. The van der Waals surface area contributed by atoms with Gasteiger partial charge in [-0.2, -0.15) is 0 Å². The van der Waals surface area contributed by atoms with Crippen LogP contribution in [0.25, 0.3) is 15.8 Å². The number of piperidine rings is 1. The minimum absolute atomic E-state index is 0.0584. The fraction of sp³-hybridized carbons (Fsp3) is 0.538. The Balaban J connectivity index is 1.21. The number of rotatable bonds is 4. The molecular formula is C26H34N6O2S. The number of aliphatic imine (C=N–C) groups is 1. The van der Waals surface area contributed by atoms with Gasteiger partial charge in [0.1, 0.15) is 12.4 Å². The number of fused-ring (bicyclic) bond motifs is 2. The number of H-pyrrole nitrogens is 1. The number of hydrogen-bond acceptors (Lipinski definition) is 7. The van der Waals surface area contributed by atoms with Crippen molar-refractivity contribution in [2.45, 2.75) is 57.7 Å². The summed E-state index contributed by atoms with van der Waals surface area (Å²) in [4.78, 5) is 24.6. The molecule has 6 rings (SSSR count). The first-order chi connectivity index (χ1) is 17.0. The number of morpholine rings is 1. The number of allylic oxidation sites excluding steroid dienone is 2. The number of carbonyl (C=O) groups is 1. The molecule has 9 heteroatoms. The summed E-state index contributed by atoms with van der Waals surface area (Å²) in [5.41, 5.74) is 9.47. The maximum absolute atomic E-state index is 12.9. The normalized spacial score (nSPS) is 25.1. The molecule has 0 radical (unpaired) electrons. The zero-order valence-corrected chi connectivity index (χ0v) is 21.5. The number of nitrogens with zero attached hydrogens (tertiary/aromatic N) is 3. The Bertz CT molecular complexity index is 1210. The zero-order chi connectivity index (χ0) is 24.1. The van der Waals surface area contributed by atoms with Crippen LogP contribution in [0.5, 0.6) is 0 Å². The van der Waals surface area contributed by atoms with Crippen molar-refractivity contribution in [3.05, 3.63) is 40.0 Å². The van der Waals surface area contributed by atoms with Crippen LogP contribution in [0.15, 0.2) is 28.9 Å². The predicted octanol–water partition coefficient (Wildman–Crippen LogP) is 3.52. The van der Waals surface area contributed by atoms with Gasteiger partial charge in [-0.05, 0) is 54.9 Å². The number of thiophene rings is 1. The molecule has 2 atom stereocenters. The number of ether oxygens (including phenoxy) is 1. The van der Waals surface area contributed by atoms with Gasteiger partial charge in [0.2, 0.25) is 5.91 Å². The fourth-order valence-corrected chi connectivity index (χ4v) is 7.21. The van der Waals surface area contributed by atoms with Crippen molar-refractivity contribution < 1.29 is 9.53 Å². The van der Waals surface area contributed by atoms with Gasteiger partial charge in [0.25, 0.3) is 0 Å². The Morgan fingerprint density at radius 2 is 2.11 bits per heavy atom. The summed E-state index contributed by atoms with van der Waals surface area (Å²) in [7, 11) is 0. The molecule has 186 valence electrons. The van der Waals surface area contributed by atoms with E-state index in [1.165, 1.54) is 37.5 Å². The second kappa shape index (κ2) is 9.11. The van der Waals surface area contributed by atoms with Gasteiger partial charge in [-0.25, -0.2) is 4.99 Å². The van der Waals surface area contributed by atoms with Crippen molar-refractivity contribution in [2.75, 3.05) is 32.8 Å². The van der Waals surface area contributed by atoms with Crippen LogP contribution in [0.2, 0.25) is 0 Å². The van der Waals surface area contributed by atoms with Gasteiger partial charge < -0.3 is 19.9 Å². The van der Waals surface area contributed by atoms with E-state index in [0.717, 1.165) is 32.5 Å². The van der Waals surface area contributed by atoms with Crippen LogP contribution in [0.4, 0.5) is 0 Å². The summed E-state index contributed by atoms with van der Waals surface area (Å²) in [5, 5.41) is 5.37. The van der Waals surface area contributed by atoms with E-state index in [1.54, 1.807) is 6.34 Å². The minimum Gasteiger partial charge on any atom is -0.378 e. The quantitative estimate of drug-likeness (QED) is 0.606. The number of likely N-dealkylation sites (tertiary alicyclic amines) is 1. The van der Waals surface area contributed by atoms with E-state index in [2.05, 4.69) is 64.8 Å². The summed E-state index contributed by atoms with van der Waals surface area (Å²) >= 11 is 1.93. The molecular weight excluding hydrogens is 460 g/mol. The third kappa shape index (κ3) is 4.09. The van der Waals surface area contributed by atoms with Crippen LogP contribution in [0.1, 0.15) is 61.6 Å². The molecule has 2 fully saturated rings. The lowest BCUT2D eigenvalue weighted by molar-refractivity contribution is -0.137. The largest absolute Gasteiger partial charge is 0.378 e. The SMILES string of the molecule is CC1=CC(c2[nH]c3cc(C4CCN(C(=O)[C@H]5COCCN5)CC4)sc3c2C(C)C)=CN2NC=NC12. The monoisotopic (exact) mass is 494 g/mol. The summed E-state index contributed by atoms with van der Waals surface area (Å²) in [5.74, 6) is 1.11. The van der Waals surface area contributed by atoms with Crippen molar-refractivity contribution in [3.63, 3.8) is 0 Å². The highest BCUT2D eigenvalue weighted by Crippen LogP contribution is 2.43. The molecule has 0 aromatic carbocycles. The van der Waals surface area contributed by atoms with Gasteiger partial charge in [0, 0.05) is 36.3 Å². The first kappa shape index (κ1) is 22.8. The van der Waals surface area contributed by atoms with E-state index in [0.29, 0.717) is 25.0 Å². The van der Waals surface area contributed by atoms with Crippen LogP contribution in [0.3, 0.4) is 0 Å². The molecule has 0 saturated carbocycles. The molecule has 4 aliphatic rings. The zero-order valence-electron chi connectivity index (χ0n) is 20.6. The average Bonchev–Trinajstić information content (AvgIpc) is 3.58. The Hall–Kier alpha value is -2.62. The third-order valence-corrected chi connectivity index (χ3v) is 8.91. The molecule has 3 N–H and O–H groups in total.